The molecule has 1 aromatic heterocycles. The van der Waals surface area contributed by atoms with E-state index in [4.69, 9.17) is 0 Å². The first-order chi connectivity index (χ1) is 11.8. The normalized spacial score (nSPS) is 28.3. The standard InChI is InChI=1S/C12H16N6O4S3/c1-6(19)18(23)7-8(20)17-3-12(10(21)22,4-24-9(7)17)5-25-11-13-14-15-16(11)2/h7,9,23H,3-5H2,1-2H3,(H,21,22)/t7?,9-,12?/m1/s1. The number of carbonyl (C=O) groups is 3. The van der Waals surface area contributed by atoms with Crippen LogP contribution in [0.1, 0.15) is 6.92 Å². The molecule has 13 heteroatoms. The van der Waals surface area contributed by atoms with Gasteiger partial charge in [0, 0.05) is 32.0 Å². The number of hydrogen-bond acceptors (Lipinski definition) is 9. The number of tetrazole rings is 1. The topological polar surface area (TPSA) is 122 Å². The van der Waals surface area contributed by atoms with Gasteiger partial charge >= 0.3 is 5.97 Å². The van der Waals surface area contributed by atoms with Crippen molar-refractivity contribution in [2.24, 2.45) is 12.5 Å². The van der Waals surface area contributed by atoms with Crippen LogP contribution >= 0.6 is 36.3 Å². The van der Waals surface area contributed by atoms with Crippen LogP contribution in [0.3, 0.4) is 0 Å². The Morgan fingerprint density at radius 1 is 1.56 bits per heavy atom. The molecule has 2 fully saturated rings. The molecule has 0 bridgehead atoms. The van der Waals surface area contributed by atoms with Crippen molar-refractivity contribution in [3.63, 3.8) is 0 Å². The summed E-state index contributed by atoms with van der Waals surface area (Å²) in [6, 6.07) is -0.645. The molecule has 1 aromatic rings. The van der Waals surface area contributed by atoms with Crippen LogP contribution < -0.4 is 0 Å². The van der Waals surface area contributed by atoms with Gasteiger partial charge in [-0.15, -0.1) is 16.9 Å². The van der Waals surface area contributed by atoms with Crippen molar-refractivity contribution in [3.05, 3.63) is 0 Å². The number of hydrogen-bond donors (Lipinski definition) is 2. The smallest absolute Gasteiger partial charge is 0.313 e. The highest BCUT2D eigenvalue weighted by atomic mass is 32.2. The number of aliphatic carboxylic acids is 1. The third-order valence-corrected chi connectivity index (χ3v) is 7.62. The molecule has 0 radical (unpaired) electrons. The van der Waals surface area contributed by atoms with Gasteiger partial charge in [0.1, 0.15) is 10.8 Å². The van der Waals surface area contributed by atoms with Gasteiger partial charge in [-0.05, 0) is 10.4 Å². The molecule has 0 aliphatic carbocycles. The van der Waals surface area contributed by atoms with Crippen molar-refractivity contribution in [2.45, 2.75) is 23.5 Å². The Kier molecular flexibility index (Phi) is 4.90. The third kappa shape index (κ3) is 3.08. The molecule has 2 amide bonds. The lowest BCUT2D eigenvalue weighted by molar-refractivity contribution is -0.160. The van der Waals surface area contributed by atoms with E-state index in [0.717, 1.165) is 4.31 Å². The lowest BCUT2D eigenvalue weighted by atomic mass is 9.89. The molecule has 3 rings (SSSR count). The molecule has 3 heterocycles. The molecule has 1 N–H and O–H groups in total. The Bertz CT molecular complexity index is 729. The molecular weight excluding hydrogens is 388 g/mol. The zero-order valence-corrected chi connectivity index (χ0v) is 15.9. The van der Waals surface area contributed by atoms with Crippen LogP contribution in [-0.4, -0.2) is 81.8 Å². The monoisotopic (exact) mass is 404 g/mol. The number of carboxylic acids is 1. The zero-order valence-electron chi connectivity index (χ0n) is 13.4. The number of nitrogens with zero attached hydrogens (tertiary/aromatic N) is 6. The summed E-state index contributed by atoms with van der Waals surface area (Å²) in [4.78, 5) is 37.3. The first-order valence-electron chi connectivity index (χ1n) is 7.26. The molecule has 2 aliphatic heterocycles. The van der Waals surface area contributed by atoms with Crippen molar-refractivity contribution in [2.75, 3.05) is 18.1 Å². The van der Waals surface area contributed by atoms with Crippen molar-refractivity contribution in [3.8, 4) is 0 Å². The Labute approximate surface area is 157 Å². The van der Waals surface area contributed by atoms with Gasteiger partial charge in [0.15, 0.2) is 6.04 Å². The van der Waals surface area contributed by atoms with E-state index < -0.39 is 17.4 Å². The Morgan fingerprint density at radius 3 is 2.84 bits per heavy atom. The highest BCUT2D eigenvalue weighted by Gasteiger charge is 2.59. The van der Waals surface area contributed by atoms with Crippen LogP contribution in [0.15, 0.2) is 5.16 Å². The van der Waals surface area contributed by atoms with E-state index in [1.54, 1.807) is 7.05 Å². The van der Waals surface area contributed by atoms with E-state index in [0.29, 0.717) is 10.9 Å². The summed E-state index contributed by atoms with van der Waals surface area (Å²) >= 11 is 6.68. The van der Waals surface area contributed by atoms with E-state index in [1.165, 1.54) is 40.0 Å². The molecule has 2 saturated heterocycles. The fourth-order valence-corrected chi connectivity index (χ4v) is 5.79. The highest BCUT2D eigenvalue weighted by molar-refractivity contribution is 8.00. The second-order valence-corrected chi connectivity index (χ2v) is 8.41. The molecule has 0 spiro atoms. The minimum atomic E-state index is -1.10. The SMILES string of the molecule is CC(=O)N(S)C1C(=O)N2CC(CSc3nnnn3C)(C(=O)O)CS[C@H]12. The molecule has 0 saturated carbocycles. The van der Waals surface area contributed by atoms with Crippen LogP contribution in [0.25, 0.3) is 0 Å². The van der Waals surface area contributed by atoms with Crippen LogP contribution in [0.4, 0.5) is 0 Å². The number of aryl methyl sites for hydroxylation is 1. The molecule has 25 heavy (non-hydrogen) atoms. The number of fused-ring (bicyclic) bond motifs is 1. The number of rotatable bonds is 5. The summed E-state index contributed by atoms with van der Waals surface area (Å²) < 4.78 is 2.58. The van der Waals surface area contributed by atoms with Gasteiger partial charge in [0.25, 0.3) is 0 Å². The summed E-state index contributed by atoms with van der Waals surface area (Å²) in [6.07, 6.45) is 0. The van der Waals surface area contributed by atoms with Gasteiger partial charge in [-0.25, -0.2) is 4.68 Å². The minimum Gasteiger partial charge on any atom is -0.481 e. The van der Waals surface area contributed by atoms with Crippen LogP contribution in [0.2, 0.25) is 0 Å². The molecule has 10 nitrogen and oxygen atoms in total. The molecular formula is C12H16N6O4S3. The number of aromatic nitrogens is 4. The number of amides is 2. The van der Waals surface area contributed by atoms with Crippen molar-refractivity contribution in [1.29, 1.82) is 0 Å². The van der Waals surface area contributed by atoms with Crippen molar-refractivity contribution in [1.82, 2.24) is 29.4 Å². The second-order valence-electron chi connectivity index (χ2n) is 5.94. The molecule has 0 aromatic carbocycles. The van der Waals surface area contributed by atoms with Crippen LogP contribution in [-0.2, 0) is 21.4 Å². The summed E-state index contributed by atoms with van der Waals surface area (Å²) in [5.41, 5.74) is -1.10. The van der Waals surface area contributed by atoms with Gasteiger partial charge in [0.2, 0.25) is 17.0 Å². The average Bonchev–Trinajstić information content (AvgIpc) is 2.97. The Morgan fingerprint density at radius 2 is 2.28 bits per heavy atom. The third-order valence-electron chi connectivity index (χ3n) is 4.22. The first kappa shape index (κ1) is 18.3. The van der Waals surface area contributed by atoms with Crippen LogP contribution in [0.5, 0.6) is 0 Å². The summed E-state index contributed by atoms with van der Waals surface area (Å²) in [5.74, 6) is -1.00. The van der Waals surface area contributed by atoms with E-state index in [9.17, 15) is 19.5 Å². The molecule has 3 atom stereocenters. The van der Waals surface area contributed by atoms with Crippen LogP contribution in [0, 0.1) is 5.41 Å². The Balaban J connectivity index is 1.72. The van der Waals surface area contributed by atoms with Gasteiger partial charge in [-0.1, -0.05) is 24.6 Å². The van der Waals surface area contributed by atoms with Crippen molar-refractivity contribution >= 4 is 54.1 Å². The summed E-state index contributed by atoms with van der Waals surface area (Å²) in [5, 5.41) is 21.1. The first-order valence-corrected chi connectivity index (χ1v) is 9.69. The van der Waals surface area contributed by atoms with E-state index in [2.05, 4.69) is 28.3 Å². The number of carboxylic acid groups (broad SMARTS) is 1. The predicted octanol–water partition coefficient (Wildman–Crippen LogP) is -0.650. The van der Waals surface area contributed by atoms with Gasteiger partial charge in [-0.2, -0.15) is 0 Å². The summed E-state index contributed by atoms with van der Waals surface area (Å²) in [6.45, 7) is 1.43. The number of thioether (sulfide) groups is 2. The fraction of sp³-hybridized carbons (Fsp3) is 0.667. The molecule has 136 valence electrons. The second kappa shape index (κ2) is 6.68. The van der Waals surface area contributed by atoms with E-state index in [-0.39, 0.29) is 29.5 Å². The van der Waals surface area contributed by atoms with Gasteiger partial charge in [-0.3, -0.25) is 18.7 Å². The maximum Gasteiger partial charge on any atom is 0.313 e. The molecule has 2 unspecified atom stereocenters. The molecule has 2 aliphatic rings. The highest BCUT2D eigenvalue weighted by Crippen LogP contribution is 2.45. The predicted molar refractivity (Wildman–Crippen MR) is 92.8 cm³/mol. The zero-order chi connectivity index (χ0) is 18.4. The van der Waals surface area contributed by atoms with Gasteiger partial charge < -0.3 is 10.0 Å². The fourth-order valence-electron chi connectivity index (χ4n) is 2.72. The average molecular weight is 404 g/mol. The minimum absolute atomic E-state index is 0.0904. The van der Waals surface area contributed by atoms with Crippen molar-refractivity contribution < 1.29 is 19.5 Å². The summed E-state index contributed by atoms with van der Waals surface area (Å²) in [7, 11) is 1.67. The maximum absolute atomic E-state index is 12.4. The lowest BCUT2D eigenvalue weighted by Gasteiger charge is -2.55. The maximum atomic E-state index is 12.4. The number of β-lactam (4-membered cyclic amide) rings is 1. The number of thiol groups is 1. The Hall–Kier alpha value is -1.47. The van der Waals surface area contributed by atoms with Gasteiger partial charge in [0.05, 0.1) is 0 Å². The quantitative estimate of drug-likeness (QED) is 0.374. The largest absolute Gasteiger partial charge is 0.481 e. The lowest BCUT2D eigenvalue weighted by Crippen LogP contribution is -2.73. The van der Waals surface area contributed by atoms with E-state index >= 15 is 0 Å². The van der Waals surface area contributed by atoms with E-state index in [1.807, 2.05) is 0 Å². The number of carbonyl (C=O) groups excluding carboxylic acids is 2.